The van der Waals surface area contributed by atoms with Gasteiger partial charge in [-0.25, -0.2) is 0 Å². The molecule has 0 saturated carbocycles. The third-order valence-corrected chi connectivity index (χ3v) is 3.53. The van der Waals surface area contributed by atoms with Gasteiger partial charge >= 0.3 is 0 Å². The minimum Gasteiger partial charge on any atom is -0.354 e. The smallest absolute Gasteiger partial charge is 0.224 e. The lowest BCUT2D eigenvalue weighted by Crippen LogP contribution is -2.39. The summed E-state index contributed by atoms with van der Waals surface area (Å²) in [7, 11) is 0. The molecule has 0 radical (unpaired) electrons. The highest BCUT2D eigenvalue weighted by Crippen LogP contribution is 2.23. The molecular formula is C9H18N2OS. The second-order valence-electron chi connectivity index (χ2n) is 3.47. The molecule has 1 heterocycles. The summed E-state index contributed by atoms with van der Waals surface area (Å²) >= 11 is 1.86. The van der Waals surface area contributed by atoms with Crippen LogP contribution in [-0.2, 0) is 4.79 Å². The molecule has 1 rings (SSSR count). The Morgan fingerprint density at radius 2 is 2.54 bits per heavy atom. The molecule has 0 aliphatic carbocycles. The van der Waals surface area contributed by atoms with E-state index in [9.17, 15) is 4.79 Å². The largest absolute Gasteiger partial charge is 0.354 e. The molecule has 3 N–H and O–H groups in total. The topological polar surface area (TPSA) is 55.1 Å². The van der Waals surface area contributed by atoms with E-state index in [1.807, 2.05) is 18.7 Å². The lowest BCUT2D eigenvalue weighted by molar-refractivity contribution is -0.124. The van der Waals surface area contributed by atoms with E-state index in [2.05, 4.69) is 5.32 Å². The maximum Gasteiger partial charge on any atom is 0.224 e. The molecular weight excluding hydrogens is 184 g/mol. The molecule has 0 spiro atoms. The van der Waals surface area contributed by atoms with Crippen molar-refractivity contribution in [3.05, 3.63) is 0 Å². The predicted octanol–water partition coefficient (Wildman–Crippen LogP) is 0.593. The zero-order chi connectivity index (χ0) is 9.68. The Hall–Kier alpha value is -0.220. The quantitative estimate of drug-likeness (QED) is 0.701. The van der Waals surface area contributed by atoms with Crippen molar-refractivity contribution in [1.82, 2.24) is 5.32 Å². The molecule has 0 bridgehead atoms. The van der Waals surface area contributed by atoms with Crippen LogP contribution in [0.4, 0.5) is 0 Å². The molecule has 2 atom stereocenters. The zero-order valence-electron chi connectivity index (χ0n) is 8.08. The van der Waals surface area contributed by atoms with E-state index in [0.29, 0.717) is 6.54 Å². The molecule has 2 unspecified atom stereocenters. The van der Waals surface area contributed by atoms with Gasteiger partial charge in [0.25, 0.3) is 0 Å². The van der Waals surface area contributed by atoms with Gasteiger partial charge in [-0.15, -0.1) is 0 Å². The molecule has 0 aromatic rings. The summed E-state index contributed by atoms with van der Waals surface area (Å²) in [5.74, 6) is 2.52. The third-order valence-electron chi connectivity index (χ3n) is 2.36. The molecule has 4 heteroatoms. The van der Waals surface area contributed by atoms with Gasteiger partial charge in [0.1, 0.15) is 0 Å². The van der Waals surface area contributed by atoms with Crippen molar-refractivity contribution in [2.75, 3.05) is 18.1 Å². The van der Waals surface area contributed by atoms with E-state index in [1.54, 1.807) is 0 Å². The van der Waals surface area contributed by atoms with Gasteiger partial charge in [-0.2, -0.15) is 11.8 Å². The van der Waals surface area contributed by atoms with E-state index < -0.39 is 0 Å². The van der Waals surface area contributed by atoms with Crippen molar-refractivity contribution in [1.29, 1.82) is 0 Å². The number of hydrogen-bond acceptors (Lipinski definition) is 3. The minimum absolute atomic E-state index is 0.109. The molecule has 1 saturated heterocycles. The summed E-state index contributed by atoms with van der Waals surface area (Å²) in [4.78, 5) is 11.5. The van der Waals surface area contributed by atoms with E-state index >= 15 is 0 Å². The maximum absolute atomic E-state index is 11.5. The number of nitrogens with one attached hydrogen (secondary N) is 1. The Labute approximate surface area is 83.8 Å². The van der Waals surface area contributed by atoms with E-state index in [-0.39, 0.29) is 17.9 Å². The summed E-state index contributed by atoms with van der Waals surface area (Å²) < 4.78 is 0. The van der Waals surface area contributed by atoms with Gasteiger partial charge in [0.2, 0.25) is 5.91 Å². The SMILES string of the molecule is CCC(N)CNC(=O)C1CCSC1. The monoisotopic (exact) mass is 202 g/mol. The van der Waals surface area contributed by atoms with Gasteiger partial charge < -0.3 is 11.1 Å². The van der Waals surface area contributed by atoms with Crippen molar-refractivity contribution < 1.29 is 4.79 Å². The van der Waals surface area contributed by atoms with Crippen LogP contribution in [0.5, 0.6) is 0 Å². The fraction of sp³-hybridized carbons (Fsp3) is 0.889. The molecule has 1 amide bonds. The lowest BCUT2D eigenvalue weighted by atomic mass is 10.1. The zero-order valence-corrected chi connectivity index (χ0v) is 8.90. The number of nitrogens with two attached hydrogens (primary N) is 1. The predicted molar refractivity (Wildman–Crippen MR) is 56.7 cm³/mol. The summed E-state index contributed by atoms with van der Waals surface area (Å²) in [6.45, 7) is 2.65. The van der Waals surface area contributed by atoms with E-state index in [0.717, 1.165) is 24.3 Å². The van der Waals surface area contributed by atoms with Crippen LogP contribution in [0, 0.1) is 5.92 Å². The van der Waals surface area contributed by atoms with Crippen LogP contribution in [0.1, 0.15) is 19.8 Å². The third kappa shape index (κ3) is 3.56. The highest BCUT2D eigenvalue weighted by atomic mass is 32.2. The number of thioether (sulfide) groups is 1. The van der Waals surface area contributed by atoms with Crippen molar-refractivity contribution in [2.24, 2.45) is 11.7 Å². The minimum atomic E-state index is 0.109. The van der Waals surface area contributed by atoms with Crippen molar-refractivity contribution in [3.8, 4) is 0 Å². The van der Waals surface area contributed by atoms with Gasteiger partial charge in [0.05, 0.1) is 0 Å². The van der Waals surface area contributed by atoms with Crippen LogP contribution in [0.25, 0.3) is 0 Å². The number of rotatable bonds is 4. The van der Waals surface area contributed by atoms with Gasteiger partial charge in [0.15, 0.2) is 0 Å². The number of hydrogen-bond donors (Lipinski definition) is 2. The van der Waals surface area contributed by atoms with Crippen LogP contribution >= 0.6 is 11.8 Å². The number of carbonyl (C=O) groups is 1. The standard InChI is InChI=1S/C9H18N2OS/c1-2-8(10)5-11-9(12)7-3-4-13-6-7/h7-8H,2-6,10H2,1H3,(H,11,12). The Morgan fingerprint density at radius 1 is 1.77 bits per heavy atom. The van der Waals surface area contributed by atoms with Crippen LogP contribution in [0.3, 0.4) is 0 Å². The molecule has 3 nitrogen and oxygen atoms in total. The van der Waals surface area contributed by atoms with Crippen LogP contribution in [0.15, 0.2) is 0 Å². The molecule has 1 aliphatic heterocycles. The first-order valence-electron chi connectivity index (χ1n) is 4.85. The molecule has 1 fully saturated rings. The summed E-state index contributed by atoms with van der Waals surface area (Å²) in [6, 6.07) is 0.109. The van der Waals surface area contributed by atoms with E-state index in [4.69, 9.17) is 5.73 Å². The Balaban J connectivity index is 2.16. The summed E-state index contributed by atoms with van der Waals surface area (Å²) in [5.41, 5.74) is 5.70. The average Bonchev–Trinajstić information content (AvgIpc) is 2.66. The van der Waals surface area contributed by atoms with Crippen LogP contribution in [-0.4, -0.2) is 30.0 Å². The second-order valence-corrected chi connectivity index (χ2v) is 4.62. The van der Waals surface area contributed by atoms with Crippen LogP contribution in [0.2, 0.25) is 0 Å². The molecule has 76 valence electrons. The fourth-order valence-electron chi connectivity index (χ4n) is 1.26. The molecule has 1 aliphatic rings. The van der Waals surface area contributed by atoms with Crippen molar-refractivity contribution in [2.45, 2.75) is 25.8 Å². The Morgan fingerprint density at radius 3 is 3.08 bits per heavy atom. The fourth-order valence-corrected chi connectivity index (χ4v) is 2.48. The highest BCUT2D eigenvalue weighted by molar-refractivity contribution is 7.99. The normalized spacial score (nSPS) is 24.3. The summed E-state index contributed by atoms with van der Waals surface area (Å²) in [6.07, 6.45) is 1.94. The molecule has 0 aromatic heterocycles. The van der Waals surface area contributed by atoms with Gasteiger partial charge in [-0.3, -0.25) is 4.79 Å². The number of amides is 1. The van der Waals surface area contributed by atoms with Gasteiger partial charge in [-0.1, -0.05) is 6.92 Å². The van der Waals surface area contributed by atoms with Crippen molar-refractivity contribution in [3.63, 3.8) is 0 Å². The van der Waals surface area contributed by atoms with Gasteiger partial charge in [-0.05, 0) is 18.6 Å². The second kappa shape index (κ2) is 5.50. The first-order valence-corrected chi connectivity index (χ1v) is 6.00. The Kier molecular flexibility index (Phi) is 4.59. The van der Waals surface area contributed by atoms with Crippen molar-refractivity contribution >= 4 is 17.7 Å². The first kappa shape index (κ1) is 10.9. The lowest BCUT2D eigenvalue weighted by Gasteiger charge is -2.13. The Bertz CT molecular complexity index is 169. The van der Waals surface area contributed by atoms with E-state index in [1.165, 1.54) is 0 Å². The number of carbonyl (C=O) groups excluding carboxylic acids is 1. The maximum atomic E-state index is 11.5. The summed E-state index contributed by atoms with van der Waals surface area (Å²) in [5, 5.41) is 2.90. The van der Waals surface area contributed by atoms with Crippen LogP contribution < -0.4 is 11.1 Å². The van der Waals surface area contributed by atoms with Gasteiger partial charge in [0, 0.05) is 24.3 Å². The molecule has 0 aromatic carbocycles. The average molecular weight is 202 g/mol. The first-order chi connectivity index (χ1) is 6.24. The molecule has 13 heavy (non-hydrogen) atoms. The highest BCUT2D eigenvalue weighted by Gasteiger charge is 2.22.